The van der Waals surface area contributed by atoms with Crippen molar-refractivity contribution in [2.45, 2.75) is 6.61 Å². The molecule has 0 saturated carbocycles. The van der Waals surface area contributed by atoms with Crippen LogP contribution in [0.25, 0.3) is 5.65 Å². The molecular formula is C7H6ClN3O. The Labute approximate surface area is 73.4 Å². The average molecular weight is 184 g/mol. The highest BCUT2D eigenvalue weighted by Gasteiger charge is 2.00. The van der Waals surface area contributed by atoms with Crippen molar-refractivity contribution in [2.24, 2.45) is 0 Å². The maximum Gasteiger partial charge on any atom is 0.153 e. The quantitative estimate of drug-likeness (QED) is 0.714. The zero-order valence-corrected chi connectivity index (χ0v) is 6.86. The van der Waals surface area contributed by atoms with Gasteiger partial charge < -0.3 is 5.11 Å². The van der Waals surface area contributed by atoms with Crippen LogP contribution in [-0.2, 0) is 6.61 Å². The second-order valence-electron chi connectivity index (χ2n) is 2.35. The van der Waals surface area contributed by atoms with Crippen LogP contribution < -0.4 is 0 Å². The summed E-state index contributed by atoms with van der Waals surface area (Å²) in [5.74, 6) is 0. The fourth-order valence-electron chi connectivity index (χ4n) is 0.984. The third kappa shape index (κ3) is 1.15. The first-order chi connectivity index (χ1) is 5.79. The van der Waals surface area contributed by atoms with Crippen molar-refractivity contribution >= 4 is 17.2 Å². The standard InChI is InChI=1S/C7H6ClN3O/c8-6-1-2-7-9-5(4-12)3-11(7)10-6/h1-3,12H,4H2. The Kier molecular flexibility index (Phi) is 1.71. The predicted octanol–water partition coefficient (Wildman–Crippen LogP) is 0.875. The Morgan fingerprint density at radius 3 is 3.08 bits per heavy atom. The lowest BCUT2D eigenvalue weighted by atomic mass is 10.5. The van der Waals surface area contributed by atoms with E-state index in [1.807, 2.05) is 0 Å². The SMILES string of the molecule is OCc1cn2nc(Cl)ccc2n1. The van der Waals surface area contributed by atoms with Crippen LogP contribution in [0.2, 0.25) is 5.15 Å². The highest BCUT2D eigenvalue weighted by Crippen LogP contribution is 2.07. The zero-order valence-electron chi connectivity index (χ0n) is 6.11. The Morgan fingerprint density at radius 1 is 1.50 bits per heavy atom. The van der Waals surface area contributed by atoms with Gasteiger partial charge in [0, 0.05) is 0 Å². The van der Waals surface area contributed by atoms with Crippen molar-refractivity contribution in [2.75, 3.05) is 0 Å². The van der Waals surface area contributed by atoms with E-state index < -0.39 is 0 Å². The monoisotopic (exact) mass is 183 g/mol. The van der Waals surface area contributed by atoms with Crippen LogP contribution in [0, 0.1) is 0 Å². The van der Waals surface area contributed by atoms with Crippen LogP contribution >= 0.6 is 11.6 Å². The second-order valence-corrected chi connectivity index (χ2v) is 2.74. The van der Waals surface area contributed by atoms with Crippen LogP contribution in [-0.4, -0.2) is 19.7 Å². The molecule has 0 radical (unpaired) electrons. The third-order valence-electron chi connectivity index (χ3n) is 1.50. The molecule has 0 aliphatic heterocycles. The van der Waals surface area contributed by atoms with Gasteiger partial charge in [-0.1, -0.05) is 11.6 Å². The molecule has 2 heterocycles. The van der Waals surface area contributed by atoms with Crippen LogP contribution in [0.1, 0.15) is 5.69 Å². The molecule has 5 heteroatoms. The number of aliphatic hydroxyl groups excluding tert-OH is 1. The first kappa shape index (κ1) is 7.52. The van der Waals surface area contributed by atoms with Gasteiger partial charge in [0.1, 0.15) is 5.15 Å². The van der Waals surface area contributed by atoms with Gasteiger partial charge >= 0.3 is 0 Å². The van der Waals surface area contributed by atoms with E-state index in [0.29, 0.717) is 16.5 Å². The van der Waals surface area contributed by atoms with Gasteiger partial charge in [-0.15, -0.1) is 0 Å². The second kappa shape index (κ2) is 2.73. The molecule has 2 aromatic rings. The van der Waals surface area contributed by atoms with Gasteiger partial charge in [-0.3, -0.25) is 0 Å². The summed E-state index contributed by atoms with van der Waals surface area (Å²) in [7, 11) is 0. The number of nitrogens with zero attached hydrogens (tertiary/aromatic N) is 3. The molecule has 2 rings (SSSR count). The highest BCUT2D eigenvalue weighted by molar-refractivity contribution is 6.29. The minimum Gasteiger partial charge on any atom is -0.390 e. The molecule has 0 atom stereocenters. The molecule has 12 heavy (non-hydrogen) atoms. The lowest BCUT2D eigenvalue weighted by Gasteiger charge is -1.89. The summed E-state index contributed by atoms with van der Waals surface area (Å²) >= 11 is 5.65. The molecule has 1 N–H and O–H groups in total. The maximum absolute atomic E-state index is 8.77. The molecule has 0 aliphatic rings. The van der Waals surface area contributed by atoms with E-state index in [0.717, 1.165) is 0 Å². The van der Waals surface area contributed by atoms with E-state index in [4.69, 9.17) is 16.7 Å². The van der Waals surface area contributed by atoms with Gasteiger partial charge in [0.2, 0.25) is 0 Å². The van der Waals surface area contributed by atoms with Gasteiger partial charge in [0.05, 0.1) is 18.5 Å². The van der Waals surface area contributed by atoms with Gasteiger partial charge in [0.25, 0.3) is 0 Å². The molecule has 0 unspecified atom stereocenters. The van der Waals surface area contributed by atoms with Gasteiger partial charge in [-0.25, -0.2) is 9.50 Å². The summed E-state index contributed by atoms with van der Waals surface area (Å²) < 4.78 is 1.54. The largest absolute Gasteiger partial charge is 0.390 e. The van der Waals surface area contributed by atoms with E-state index in [1.54, 1.807) is 18.3 Å². The van der Waals surface area contributed by atoms with E-state index in [-0.39, 0.29) is 6.61 Å². The molecule has 0 fully saturated rings. The van der Waals surface area contributed by atoms with Crippen molar-refractivity contribution in [3.63, 3.8) is 0 Å². The minimum absolute atomic E-state index is 0.0824. The van der Waals surface area contributed by atoms with E-state index in [2.05, 4.69) is 10.1 Å². The molecule has 0 aromatic carbocycles. The molecule has 0 aliphatic carbocycles. The van der Waals surface area contributed by atoms with Gasteiger partial charge in [-0.05, 0) is 12.1 Å². The average Bonchev–Trinajstić information content (AvgIpc) is 2.46. The zero-order chi connectivity index (χ0) is 8.55. The number of rotatable bonds is 1. The highest BCUT2D eigenvalue weighted by atomic mass is 35.5. The fraction of sp³-hybridized carbons (Fsp3) is 0.143. The summed E-state index contributed by atoms with van der Waals surface area (Å²) in [5, 5.41) is 13.1. The number of fused-ring (bicyclic) bond motifs is 1. The fourth-order valence-corrected chi connectivity index (χ4v) is 1.13. The number of halogens is 1. The molecule has 0 amide bonds. The number of imidazole rings is 1. The lowest BCUT2D eigenvalue weighted by Crippen LogP contribution is -1.88. The summed E-state index contributed by atoms with van der Waals surface area (Å²) in [4.78, 5) is 4.06. The van der Waals surface area contributed by atoms with Crippen LogP contribution in [0.4, 0.5) is 0 Å². The summed E-state index contributed by atoms with van der Waals surface area (Å²) in [6.45, 7) is -0.0824. The van der Waals surface area contributed by atoms with Crippen LogP contribution in [0.15, 0.2) is 18.3 Å². The topological polar surface area (TPSA) is 50.4 Å². The number of aromatic nitrogens is 3. The number of hydrogen-bond donors (Lipinski definition) is 1. The smallest absolute Gasteiger partial charge is 0.153 e. The number of aliphatic hydroxyl groups is 1. The van der Waals surface area contributed by atoms with Gasteiger partial charge in [-0.2, -0.15) is 5.10 Å². The Bertz CT molecular complexity index is 412. The molecule has 4 nitrogen and oxygen atoms in total. The molecule has 0 saturated heterocycles. The molecule has 62 valence electrons. The van der Waals surface area contributed by atoms with E-state index >= 15 is 0 Å². The van der Waals surface area contributed by atoms with Crippen molar-refractivity contribution in [1.29, 1.82) is 0 Å². The van der Waals surface area contributed by atoms with Crippen LogP contribution in [0.3, 0.4) is 0 Å². The van der Waals surface area contributed by atoms with Crippen molar-refractivity contribution in [3.8, 4) is 0 Å². The third-order valence-corrected chi connectivity index (χ3v) is 1.70. The number of hydrogen-bond acceptors (Lipinski definition) is 3. The Morgan fingerprint density at radius 2 is 2.33 bits per heavy atom. The molecule has 2 aromatic heterocycles. The summed E-state index contributed by atoms with van der Waals surface area (Å²) in [6, 6.07) is 3.40. The summed E-state index contributed by atoms with van der Waals surface area (Å²) in [6.07, 6.45) is 1.64. The predicted molar refractivity (Wildman–Crippen MR) is 43.9 cm³/mol. The first-order valence-corrected chi connectivity index (χ1v) is 3.79. The molecule has 0 spiro atoms. The summed E-state index contributed by atoms with van der Waals surface area (Å²) in [5.41, 5.74) is 1.27. The minimum atomic E-state index is -0.0824. The molecular weight excluding hydrogens is 178 g/mol. The normalized spacial score (nSPS) is 10.8. The Balaban J connectivity index is 2.67. The van der Waals surface area contributed by atoms with E-state index in [9.17, 15) is 0 Å². The van der Waals surface area contributed by atoms with Crippen molar-refractivity contribution in [1.82, 2.24) is 14.6 Å². The first-order valence-electron chi connectivity index (χ1n) is 3.41. The Hall–Kier alpha value is -1.13. The molecule has 0 bridgehead atoms. The van der Waals surface area contributed by atoms with Crippen molar-refractivity contribution in [3.05, 3.63) is 29.2 Å². The van der Waals surface area contributed by atoms with Crippen LogP contribution in [0.5, 0.6) is 0 Å². The van der Waals surface area contributed by atoms with Gasteiger partial charge in [0.15, 0.2) is 5.65 Å². The maximum atomic E-state index is 8.77. The lowest BCUT2D eigenvalue weighted by molar-refractivity contribution is 0.277. The van der Waals surface area contributed by atoms with E-state index in [1.165, 1.54) is 4.52 Å². The van der Waals surface area contributed by atoms with Crippen molar-refractivity contribution < 1.29 is 5.11 Å².